The van der Waals surface area contributed by atoms with E-state index < -0.39 is 0 Å². The van der Waals surface area contributed by atoms with Crippen molar-refractivity contribution in [3.63, 3.8) is 0 Å². The van der Waals surface area contributed by atoms with Crippen LogP contribution in [0.25, 0.3) is 0 Å². The fraction of sp³-hybridized carbons (Fsp3) is 0.200. The lowest BCUT2D eigenvalue weighted by Gasteiger charge is -2.06. The van der Waals surface area contributed by atoms with E-state index in [0.29, 0.717) is 0 Å². The van der Waals surface area contributed by atoms with Gasteiger partial charge in [-0.2, -0.15) is 0 Å². The SMILES string of the molecule is CCc1cc(Sc2ccc(OC)cc2)ccc1Br. The Kier molecular flexibility index (Phi) is 4.72. The second-order valence-electron chi connectivity index (χ2n) is 3.88. The molecule has 0 atom stereocenters. The molecule has 0 spiro atoms. The lowest BCUT2D eigenvalue weighted by atomic mass is 10.2. The first kappa shape index (κ1) is 13.5. The molecule has 0 aliphatic heterocycles. The summed E-state index contributed by atoms with van der Waals surface area (Å²) in [5.74, 6) is 0.893. The van der Waals surface area contributed by atoms with E-state index in [1.807, 2.05) is 12.1 Å². The fourth-order valence-corrected chi connectivity index (χ4v) is 3.07. The second kappa shape index (κ2) is 6.30. The van der Waals surface area contributed by atoms with E-state index in [2.05, 4.69) is 53.2 Å². The zero-order chi connectivity index (χ0) is 13.0. The zero-order valence-electron chi connectivity index (χ0n) is 10.4. The molecule has 3 heteroatoms. The quantitative estimate of drug-likeness (QED) is 0.767. The van der Waals surface area contributed by atoms with Crippen LogP contribution in [-0.2, 0) is 6.42 Å². The van der Waals surface area contributed by atoms with Crippen molar-refractivity contribution in [3.05, 3.63) is 52.5 Å². The molecule has 0 aliphatic rings. The summed E-state index contributed by atoms with van der Waals surface area (Å²) in [5, 5.41) is 0. The molecule has 0 radical (unpaired) electrons. The monoisotopic (exact) mass is 322 g/mol. The average Bonchev–Trinajstić information content (AvgIpc) is 2.42. The molecule has 0 bridgehead atoms. The fourth-order valence-electron chi connectivity index (χ4n) is 1.67. The molecule has 0 aromatic heterocycles. The largest absolute Gasteiger partial charge is 0.497 e. The van der Waals surface area contributed by atoms with E-state index >= 15 is 0 Å². The number of halogens is 1. The summed E-state index contributed by atoms with van der Waals surface area (Å²) in [4.78, 5) is 2.49. The molecule has 0 aliphatic carbocycles. The summed E-state index contributed by atoms with van der Waals surface area (Å²) >= 11 is 5.34. The molecule has 0 saturated heterocycles. The highest BCUT2D eigenvalue weighted by atomic mass is 79.9. The number of aryl methyl sites for hydroxylation is 1. The second-order valence-corrected chi connectivity index (χ2v) is 5.89. The molecule has 0 unspecified atom stereocenters. The van der Waals surface area contributed by atoms with Crippen LogP contribution in [-0.4, -0.2) is 7.11 Å². The van der Waals surface area contributed by atoms with Crippen LogP contribution in [0, 0.1) is 0 Å². The van der Waals surface area contributed by atoms with Crippen molar-refractivity contribution in [2.45, 2.75) is 23.1 Å². The molecular weight excluding hydrogens is 308 g/mol. The predicted molar refractivity (Wildman–Crippen MR) is 80.6 cm³/mol. The van der Waals surface area contributed by atoms with E-state index in [1.165, 1.54) is 19.8 Å². The molecule has 0 heterocycles. The Morgan fingerprint density at radius 3 is 2.33 bits per heavy atom. The van der Waals surface area contributed by atoms with Gasteiger partial charge in [0.1, 0.15) is 5.75 Å². The highest BCUT2D eigenvalue weighted by molar-refractivity contribution is 9.10. The van der Waals surface area contributed by atoms with Gasteiger partial charge < -0.3 is 4.74 Å². The Hall–Kier alpha value is -0.930. The molecule has 1 nitrogen and oxygen atoms in total. The molecule has 94 valence electrons. The van der Waals surface area contributed by atoms with Crippen molar-refractivity contribution in [3.8, 4) is 5.75 Å². The topological polar surface area (TPSA) is 9.23 Å². The number of rotatable bonds is 4. The van der Waals surface area contributed by atoms with Crippen molar-refractivity contribution in [2.24, 2.45) is 0 Å². The van der Waals surface area contributed by atoms with Crippen molar-refractivity contribution >= 4 is 27.7 Å². The third-order valence-electron chi connectivity index (χ3n) is 2.69. The normalized spacial score (nSPS) is 10.4. The molecule has 2 rings (SSSR count). The Bertz CT molecular complexity index is 523. The molecular formula is C15H15BrOS. The van der Waals surface area contributed by atoms with Gasteiger partial charge in [-0.25, -0.2) is 0 Å². The van der Waals surface area contributed by atoms with Gasteiger partial charge in [0.2, 0.25) is 0 Å². The van der Waals surface area contributed by atoms with Crippen LogP contribution >= 0.6 is 27.7 Å². The van der Waals surface area contributed by atoms with Crippen molar-refractivity contribution < 1.29 is 4.74 Å². The predicted octanol–water partition coefficient (Wildman–Crippen LogP) is 5.17. The molecule has 0 N–H and O–H groups in total. The minimum atomic E-state index is 0.893. The lowest BCUT2D eigenvalue weighted by Crippen LogP contribution is -1.84. The van der Waals surface area contributed by atoms with Crippen molar-refractivity contribution in [2.75, 3.05) is 7.11 Å². The summed E-state index contributed by atoms with van der Waals surface area (Å²) in [6, 6.07) is 14.6. The summed E-state index contributed by atoms with van der Waals surface area (Å²) in [6.45, 7) is 2.17. The first-order valence-electron chi connectivity index (χ1n) is 5.83. The summed E-state index contributed by atoms with van der Waals surface area (Å²) in [6.07, 6.45) is 1.04. The number of methoxy groups -OCH3 is 1. The lowest BCUT2D eigenvalue weighted by molar-refractivity contribution is 0.414. The van der Waals surface area contributed by atoms with Gasteiger partial charge in [0.15, 0.2) is 0 Å². The first-order valence-corrected chi connectivity index (χ1v) is 7.44. The number of hydrogen-bond acceptors (Lipinski definition) is 2. The minimum absolute atomic E-state index is 0.893. The molecule has 18 heavy (non-hydrogen) atoms. The Labute approximate surface area is 121 Å². The van der Waals surface area contributed by atoms with Gasteiger partial charge in [0.05, 0.1) is 7.11 Å². The van der Waals surface area contributed by atoms with Crippen LogP contribution in [0.15, 0.2) is 56.7 Å². The maximum absolute atomic E-state index is 5.16. The molecule has 2 aromatic rings. The highest BCUT2D eigenvalue weighted by Gasteiger charge is 2.02. The number of ether oxygens (including phenoxy) is 1. The molecule has 0 fully saturated rings. The minimum Gasteiger partial charge on any atom is -0.497 e. The Morgan fingerprint density at radius 2 is 1.72 bits per heavy atom. The van der Waals surface area contributed by atoms with Crippen LogP contribution in [0.4, 0.5) is 0 Å². The van der Waals surface area contributed by atoms with Gasteiger partial charge in [-0.15, -0.1) is 0 Å². The van der Waals surface area contributed by atoms with Crippen LogP contribution in [0.5, 0.6) is 5.75 Å². The number of hydrogen-bond donors (Lipinski definition) is 0. The van der Waals surface area contributed by atoms with Gasteiger partial charge in [-0.1, -0.05) is 34.6 Å². The van der Waals surface area contributed by atoms with Crippen LogP contribution < -0.4 is 4.74 Å². The molecule has 2 aromatic carbocycles. The van der Waals surface area contributed by atoms with Gasteiger partial charge >= 0.3 is 0 Å². The van der Waals surface area contributed by atoms with E-state index in [1.54, 1.807) is 18.9 Å². The van der Waals surface area contributed by atoms with Crippen LogP contribution in [0.3, 0.4) is 0 Å². The van der Waals surface area contributed by atoms with E-state index in [9.17, 15) is 0 Å². The smallest absolute Gasteiger partial charge is 0.118 e. The average molecular weight is 323 g/mol. The van der Waals surface area contributed by atoms with E-state index in [0.717, 1.165) is 12.2 Å². The summed E-state index contributed by atoms with van der Waals surface area (Å²) in [7, 11) is 1.68. The maximum Gasteiger partial charge on any atom is 0.118 e. The van der Waals surface area contributed by atoms with E-state index in [-0.39, 0.29) is 0 Å². The molecule has 0 amide bonds. The summed E-state index contributed by atoms with van der Waals surface area (Å²) < 4.78 is 6.34. The summed E-state index contributed by atoms with van der Waals surface area (Å²) in [5.41, 5.74) is 1.34. The van der Waals surface area contributed by atoms with Crippen molar-refractivity contribution in [1.82, 2.24) is 0 Å². The van der Waals surface area contributed by atoms with Crippen LogP contribution in [0.2, 0.25) is 0 Å². The Balaban J connectivity index is 2.17. The standard InChI is InChI=1S/C15H15BrOS/c1-3-11-10-14(8-9-15(11)16)18-13-6-4-12(17-2)5-7-13/h4-10H,3H2,1-2H3. The van der Waals surface area contributed by atoms with Gasteiger partial charge in [0, 0.05) is 14.3 Å². The first-order chi connectivity index (χ1) is 8.72. The number of benzene rings is 2. The maximum atomic E-state index is 5.16. The third-order valence-corrected chi connectivity index (χ3v) is 4.46. The van der Waals surface area contributed by atoms with Gasteiger partial charge in [-0.3, -0.25) is 0 Å². The third kappa shape index (κ3) is 3.30. The van der Waals surface area contributed by atoms with Gasteiger partial charge in [-0.05, 0) is 54.4 Å². The Morgan fingerprint density at radius 1 is 1.06 bits per heavy atom. The molecule has 0 saturated carbocycles. The highest BCUT2D eigenvalue weighted by Crippen LogP contribution is 2.31. The van der Waals surface area contributed by atoms with Crippen molar-refractivity contribution in [1.29, 1.82) is 0 Å². The van der Waals surface area contributed by atoms with E-state index in [4.69, 9.17) is 4.74 Å². The van der Waals surface area contributed by atoms with Crippen LogP contribution in [0.1, 0.15) is 12.5 Å². The van der Waals surface area contributed by atoms with Gasteiger partial charge in [0.25, 0.3) is 0 Å². The zero-order valence-corrected chi connectivity index (χ0v) is 12.8.